The van der Waals surface area contributed by atoms with Gasteiger partial charge in [-0.2, -0.15) is 0 Å². The Morgan fingerprint density at radius 3 is 2.62 bits per heavy atom. The number of nitrogens with two attached hydrogens (primary N) is 1. The number of esters is 1. The zero-order chi connectivity index (χ0) is 22.0. The molecule has 0 aromatic rings. The maximum atomic E-state index is 12.5. The van der Waals surface area contributed by atoms with Crippen LogP contribution in [-0.4, -0.2) is 65.2 Å². The van der Waals surface area contributed by atoms with Gasteiger partial charge in [0.15, 0.2) is 0 Å². The summed E-state index contributed by atoms with van der Waals surface area (Å²) in [5.41, 5.74) is 7.18. The van der Waals surface area contributed by atoms with Crippen LogP contribution in [0.4, 0.5) is 0 Å². The van der Waals surface area contributed by atoms with E-state index >= 15 is 0 Å². The summed E-state index contributed by atoms with van der Waals surface area (Å²) in [5.74, 6) is -1.13. The van der Waals surface area contributed by atoms with Gasteiger partial charge in [-0.1, -0.05) is 77.2 Å². The van der Waals surface area contributed by atoms with E-state index in [0.29, 0.717) is 29.4 Å². The fraction of sp³-hybridized carbons (Fsp3) is 0.400. The van der Waals surface area contributed by atoms with Crippen molar-refractivity contribution in [3.8, 4) is 0 Å². The van der Waals surface area contributed by atoms with Crippen molar-refractivity contribution >= 4 is 45.1 Å². The molecule has 29 heavy (non-hydrogen) atoms. The Labute approximate surface area is 184 Å². The molecule has 9 heteroatoms. The maximum Gasteiger partial charge on any atom is 0.327 e. The average molecular weight is 459 g/mol. The van der Waals surface area contributed by atoms with Gasteiger partial charge in [0, 0.05) is 29.1 Å². The van der Waals surface area contributed by atoms with Gasteiger partial charge in [-0.25, -0.2) is 4.79 Å². The Bertz CT molecular complexity index is 709. The van der Waals surface area contributed by atoms with Gasteiger partial charge in [-0.15, -0.1) is 0 Å². The van der Waals surface area contributed by atoms with E-state index in [2.05, 4.69) is 19.7 Å². The van der Waals surface area contributed by atoms with E-state index < -0.39 is 24.0 Å². The number of allylic oxidation sites excluding steroid dienone is 4. The van der Waals surface area contributed by atoms with Gasteiger partial charge in [-0.05, 0) is 17.6 Å². The van der Waals surface area contributed by atoms with E-state index in [4.69, 9.17) is 27.2 Å². The lowest BCUT2D eigenvalue weighted by molar-refractivity contribution is -0.145. The number of hydrogen-bond donors (Lipinski definition) is 2. The third-order valence-corrected chi connectivity index (χ3v) is 7.61. The Morgan fingerprint density at radius 2 is 2.10 bits per heavy atom. The highest BCUT2D eigenvalue weighted by atomic mass is 35.5. The molecular formula is C20H27ClN2O4S2. The number of carboxylic acid groups (broad SMARTS) is 1. The number of piperidine rings is 1. The topological polar surface area (TPSA) is 92.9 Å². The third kappa shape index (κ3) is 7.38. The van der Waals surface area contributed by atoms with Gasteiger partial charge in [0.2, 0.25) is 0 Å². The van der Waals surface area contributed by atoms with Crippen LogP contribution in [-0.2, 0) is 14.3 Å². The Balaban J connectivity index is 3.01. The number of likely N-dealkylation sites (tertiary alicyclic amines) is 1. The predicted molar refractivity (Wildman–Crippen MR) is 123 cm³/mol. The molecule has 2 unspecified atom stereocenters. The average Bonchev–Trinajstić information content (AvgIpc) is 2.71. The molecule has 3 N–H and O–H groups in total. The monoisotopic (exact) mass is 458 g/mol. The summed E-state index contributed by atoms with van der Waals surface area (Å²) in [6.07, 6.45) is 7.39. The smallest absolute Gasteiger partial charge is 0.327 e. The van der Waals surface area contributed by atoms with Gasteiger partial charge < -0.3 is 15.6 Å². The van der Waals surface area contributed by atoms with Gasteiger partial charge in [0.1, 0.15) is 12.1 Å². The summed E-state index contributed by atoms with van der Waals surface area (Å²) in [7, 11) is 4.35. The summed E-state index contributed by atoms with van der Waals surface area (Å²) in [5, 5.41) is 9.41. The summed E-state index contributed by atoms with van der Waals surface area (Å²) in [6, 6.07) is -1.60. The van der Waals surface area contributed by atoms with Gasteiger partial charge in [0.25, 0.3) is 0 Å². The molecule has 0 saturated carbocycles. The fourth-order valence-electron chi connectivity index (χ4n) is 2.83. The highest BCUT2D eigenvalue weighted by molar-refractivity contribution is 8.77. The number of nitrogens with zero attached hydrogens (tertiary/aromatic N) is 1. The van der Waals surface area contributed by atoms with Crippen LogP contribution < -0.4 is 5.73 Å². The first-order valence-corrected chi connectivity index (χ1v) is 11.6. The maximum absolute atomic E-state index is 12.5. The van der Waals surface area contributed by atoms with Crippen LogP contribution in [0.15, 0.2) is 60.2 Å². The number of carboxylic acids is 1. The molecule has 0 aromatic carbocycles. The molecule has 1 rings (SSSR count). The van der Waals surface area contributed by atoms with Crippen LogP contribution in [0.25, 0.3) is 0 Å². The number of carbonyl (C=O) groups is 2. The minimum absolute atomic E-state index is 0.152. The van der Waals surface area contributed by atoms with E-state index in [-0.39, 0.29) is 5.25 Å². The van der Waals surface area contributed by atoms with Crippen LogP contribution in [0.2, 0.25) is 0 Å². The molecule has 1 aliphatic rings. The van der Waals surface area contributed by atoms with Crippen molar-refractivity contribution in [2.45, 2.75) is 23.8 Å². The molecule has 6 nitrogen and oxygen atoms in total. The summed E-state index contributed by atoms with van der Waals surface area (Å²) in [4.78, 5) is 25.4. The van der Waals surface area contributed by atoms with Crippen molar-refractivity contribution in [2.24, 2.45) is 5.73 Å². The predicted octanol–water partition coefficient (Wildman–Crippen LogP) is 3.37. The number of ether oxygens (including phenoxy) is 1. The van der Waals surface area contributed by atoms with E-state index in [1.54, 1.807) is 22.9 Å². The SMILES string of the molecule is C=C/C=C1/CN(C(C(=O)OC)/C(C=C)=C(\Cl)C=C)CCC1SSC[C@H](N)C(=O)O. The molecule has 0 amide bonds. The molecule has 3 atom stereocenters. The van der Waals surface area contributed by atoms with Crippen molar-refractivity contribution in [3.63, 3.8) is 0 Å². The van der Waals surface area contributed by atoms with Crippen molar-refractivity contribution in [3.05, 3.63) is 60.2 Å². The number of methoxy groups -OCH3 is 1. The van der Waals surface area contributed by atoms with Crippen LogP contribution in [0.5, 0.6) is 0 Å². The standard InChI is InChI=1S/C20H27ClN2O4S2/c1-5-8-13-11-23(10-9-17(13)29-28-12-16(22)19(24)25)18(20(26)27-4)14(6-2)15(21)7-3/h5-8,16-18H,1-3,9-12,22H2,4H3,(H,24,25)/b13-8-,15-14-/t16-,17?,18?/m0/s1. The van der Waals surface area contributed by atoms with Crippen molar-refractivity contribution in [2.75, 3.05) is 26.0 Å². The van der Waals surface area contributed by atoms with Crippen molar-refractivity contribution < 1.29 is 19.4 Å². The number of rotatable bonds is 11. The Kier molecular flexibility index (Phi) is 11.4. The first kappa shape index (κ1) is 25.6. The summed E-state index contributed by atoms with van der Waals surface area (Å²) >= 11 is 6.25. The zero-order valence-corrected chi connectivity index (χ0v) is 18.8. The van der Waals surface area contributed by atoms with E-state index in [0.717, 1.165) is 12.0 Å². The minimum atomic E-state index is -1.02. The minimum Gasteiger partial charge on any atom is -0.480 e. The lowest BCUT2D eigenvalue weighted by atomic mass is 9.97. The first-order valence-electron chi connectivity index (χ1n) is 8.85. The molecule has 0 radical (unpaired) electrons. The molecule has 0 bridgehead atoms. The highest BCUT2D eigenvalue weighted by Gasteiger charge is 2.35. The van der Waals surface area contributed by atoms with E-state index in [1.807, 2.05) is 11.0 Å². The van der Waals surface area contributed by atoms with E-state index in [1.165, 1.54) is 24.0 Å². The molecule has 1 heterocycles. The molecule has 1 aliphatic heterocycles. The molecule has 0 aromatic heterocycles. The molecule has 1 saturated heterocycles. The lowest BCUT2D eigenvalue weighted by Gasteiger charge is -2.38. The van der Waals surface area contributed by atoms with Crippen LogP contribution >= 0.6 is 33.2 Å². The molecule has 0 spiro atoms. The summed E-state index contributed by atoms with van der Waals surface area (Å²) in [6.45, 7) is 12.4. The zero-order valence-electron chi connectivity index (χ0n) is 16.4. The van der Waals surface area contributed by atoms with E-state index in [9.17, 15) is 9.59 Å². The van der Waals surface area contributed by atoms with Crippen molar-refractivity contribution in [1.82, 2.24) is 4.90 Å². The molecule has 160 valence electrons. The van der Waals surface area contributed by atoms with Gasteiger partial charge in [0.05, 0.1) is 7.11 Å². The number of aliphatic carboxylic acids is 1. The van der Waals surface area contributed by atoms with Crippen molar-refractivity contribution in [1.29, 1.82) is 0 Å². The van der Waals surface area contributed by atoms with Gasteiger partial charge >= 0.3 is 11.9 Å². The lowest BCUT2D eigenvalue weighted by Crippen LogP contribution is -2.48. The van der Waals surface area contributed by atoms with Crippen LogP contribution in [0, 0.1) is 0 Å². The third-order valence-electron chi connectivity index (χ3n) is 4.32. The fourth-order valence-corrected chi connectivity index (χ4v) is 5.85. The molecular weight excluding hydrogens is 432 g/mol. The van der Waals surface area contributed by atoms with Gasteiger partial charge in [-0.3, -0.25) is 9.69 Å². The van der Waals surface area contributed by atoms with Crippen LogP contribution in [0.1, 0.15) is 6.42 Å². The highest BCUT2D eigenvalue weighted by Crippen LogP contribution is 2.37. The second kappa shape index (κ2) is 13.0. The summed E-state index contributed by atoms with van der Waals surface area (Å²) < 4.78 is 5.00. The number of halogens is 1. The normalized spacial score (nSPS) is 21.6. The molecule has 0 aliphatic carbocycles. The Morgan fingerprint density at radius 1 is 1.41 bits per heavy atom. The molecule has 1 fully saturated rings. The quantitative estimate of drug-likeness (QED) is 0.276. The second-order valence-electron chi connectivity index (χ2n) is 6.19. The number of hydrogen-bond acceptors (Lipinski definition) is 7. The van der Waals surface area contributed by atoms with Crippen LogP contribution in [0.3, 0.4) is 0 Å². The second-order valence-corrected chi connectivity index (χ2v) is 9.21. The Hall–Kier alpha value is -1.45. The largest absolute Gasteiger partial charge is 0.480 e. The first-order chi connectivity index (χ1) is 13.8. The number of carbonyl (C=O) groups excluding carboxylic acids is 1.